The second kappa shape index (κ2) is 6.15. The van der Waals surface area contributed by atoms with Crippen LogP contribution in [0.5, 0.6) is 0 Å². The third kappa shape index (κ3) is 3.68. The Hall–Kier alpha value is -1.14. The number of aliphatic imine (C=N–C) groups is 1. The van der Waals surface area contributed by atoms with Gasteiger partial charge in [-0.25, -0.2) is 9.98 Å². The first kappa shape index (κ1) is 13.3. The highest BCUT2D eigenvalue weighted by Crippen LogP contribution is 2.17. The predicted octanol–water partition coefficient (Wildman–Crippen LogP) is 1.34. The van der Waals surface area contributed by atoms with E-state index in [9.17, 15) is 0 Å². The highest BCUT2D eigenvalue weighted by atomic mass is 32.1. The van der Waals surface area contributed by atoms with Gasteiger partial charge in [-0.2, -0.15) is 0 Å². The number of rotatable bonds is 4. The van der Waals surface area contributed by atoms with Gasteiger partial charge in [-0.15, -0.1) is 11.3 Å². The molecule has 5 nitrogen and oxygen atoms in total. The standard InChI is InChI=1S/C12H20N4OS/c1-8-11(18-9(2)16-8)7-15-12(13)14-6-10-4-3-5-17-10/h10H,3-7H2,1-2H3,(H3,13,14,15). The number of aryl methyl sites for hydroxylation is 2. The van der Waals surface area contributed by atoms with Gasteiger partial charge in [-0.05, 0) is 26.7 Å². The summed E-state index contributed by atoms with van der Waals surface area (Å²) in [6.07, 6.45) is 2.53. The fraction of sp³-hybridized carbons (Fsp3) is 0.667. The van der Waals surface area contributed by atoms with E-state index in [0.717, 1.165) is 36.7 Å². The number of hydrogen-bond donors (Lipinski definition) is 2. The Labute approximate surface area is 111 Å². The van der Waals surface area contributed by atoms with Gasteiger partial charge in [0.1, 0.15) is 0 Å². The van der Waals surface area contributed by atoms with Gasteiger partial charge < -0.3 is 15.8 Å². The summed E-state index contributed by atoms with van der Waals surface area (Å²) >= 11 is 1.67. The van der Waals surface area contributed by atoms with Gasteiger partial charge in [0.05, 0.1) is 23.4 Å². The normalized spacial score (nSPS) is 20.3. The number of ether oxygens (including phenoxy) is 1. The molecule has 1 unspecified atom stereocenters. The zero-order chi connectivity index (χ0) is 13.0. The highest BCUT2D eigenvalue weighted by Gasteiger charge is 2.14. The van der Waals surface area contributed by atoms with Crippen molar-refractivity contribution in [3.63, 3.8) is 0 Å². The Kier molecular flexibility index (Phi) is 4.54. The maximum absolute atomic E-state index is 5.82. The van der Waals surface area contributed by atoms with E-state index in [0.29, 0.717) is 12.5 Å². The molecule has 6 heteroatoms. The zero-order valence-electron chi connectivity index (χ0n) is 10.9. The van der Waals surface area contributed by atoms with E-state index in [-0.39, 0.29) is 6.10 Å². The van der Waals surface area contributed by atoms with Crippen molar-refractivity contribution in [1.82, 2.24) is 10.3 Å². The lowest BCUT2D eigenvalue weighted by atomic mass is 10.2. The van der Waals surface area contributed by atoms with Crippen LogP contribution in [0, 0.1) is 13.8 Å². The molecule has 0 aliphatic carbocycles. The number of nitrogens with zero attached hydrogens (tertiary/aromatic N) is 2. The molecule has 0 bridgehead atoms. The van der Waals surface area contributed by atoms with Gasteiger partial charge in [0, 0.05) is 18.0 Å². The summed E-state index contributed by atoms with van der Waals surface area (Å²) in [7, 11) is 0. The van der Waals surface area contributed by atoms with Gasteiger partial charge in [0.2, 0.25) is 0 Å². The van der Waals surface area contributed by atoms with Crippen LogP contribution in [0.3, 0.4) is 0 Å². The van der Waals surface area contributed by atoms with Gasteiger partial charge in [0.25, 0.3) is 0 Å². The van der Waals surface area contributed by atoms with Crippen LogP contribution in [0.15, 0.2) is 4.99 Å². The molecule has 0 saturated carbocycles. The highest BCUT2D eigenvalue weighted by molar-refractivity contribution is 7.11. The Balaban J connectivity index is 1.79. The molecule has 1 aromatic heterocycles. The van der Waals surface area contributed by atoms with E-state index >= 15 is 0 Å². The number of aromatic nitrogens is 1. The first-order chi connectivity index (χ1) is 8.65. The first-order valence-electron chi connectivity index (χ1n) is 6.23. The summed E-state index contributed by atoms with van der Waals surface area (Å²) in [5.41, 5.74) is 6.87. The Morgan fingerprint density at radius 1 is 1.61 bits per heavy atom. The largest absolute Gasteiger partial charge is 0.376 e. The molecule has 1 fully saturated rings. The average molecular weight is 268 g/mol. The number of nitrogens with two attached hydrogens (primary N) is 1. The molecule has 0 radical (unpaired) electrons. The SMILES string of the molecule is Cc1nc(C)c(CN=C(N)NCC2CCCO2)s1. The van der Waals surface area contributed by atoms with Crippen molar-refractivity contribution < 1.29 is 4.74 Å². The number of thiazole rings is 1. The van der Waals surface area contributed by atoms with Crippen LogP contribution in [0.4, 0.5) is 0 Å². The summed E-state index contributed by atoms with van der Waals surface area (Å²) in [5, 5.41) is 4.18. The van der Waals surface area contributed by atoms with E-state index in [4.69, 9.17) is 10.5 Å². The zero-order valence-corrected chi connectivity index (χ0v) is 11.7. The molecule has 3 N–H and O–H groups in total. The second-order valence-corrected chi connectivity index (χ2v) is 5.75. The second-order valence-electron chi connectivity index (χ2n) is 4.46. The quantitative estimate of drug-likeness (QED) is 0.638. The maximum atomic E-state index is 5.82. The Morgan fingerprint density at radius 3 is 3.06 bits per heavy atom. The molecule has 100 valence electrons. The van der Waals surface area contributed by atoms with E-state index in [1.54, 1.807) is 11.3 Å². The average Bonchev–Trinajstić information content (AvgIpc) is 2.94. The molecular formula is C12H20N4OS. The third-order valence-electron chi connectivity index (χ3n) is 2.93. The molecule has 1 atom stereocenters. The molecule has 2 heterocycles. The molecule has 0 spiro atoms. The van der Waals surface area contributed by atoms with Crippen LogP contribution in [0.2, 0.25) is 0 Å². The van der Waals surface area contributed by atoms with Crippen molar-refractivity contribution in [2.24, 2.45) is 10.7 Å². The molecular weight excluding hydrogens is 248 g/mol. The van der Waals surface area contributed by atoms with Crippen LogP contribution in [0.25, 0.3) is 0 Å². The Bertz CT molecular complexity index is 424. The summed E-state index contributed by atoms with van der Waals surface area (Å²) < 4.78 is 5.51. The Morgan fingerprint density at radius 2 is 2.44 bits per heavy atom. The molecule has 2 rings (SSSR count). The van der Waals surface area contributed by atoms with E-state index in [1.807, 2.05) is 13.8 Å². The number of guanidine groups is 1. The number of nitrogens with one attached hydrogen (secondary N) is 1. The molecule has 0 aromatic carbocycles. The van der Waals surface area contributed by atoms with E-state index < -0.39 is 0 Å². The van der Waals surface area contributed by atoms with Crippen LogP contribution in [-0.4, -0.2) is 30.2 Å². The minimum absolute atomic E-state index is 0.283. The van der Waals surface area contributed by atoms with Crippen LogP contribution < -0.4 is 11.1 Å². The summed E-state index contributed by atoms with van der Waals surface area (Å²) in [6.45, 7) is 6.22. The van der Waals surface area contributed by atoms with Crippen molar-refractivity contribution in [2.75, 3.05) is 13.2 Å². The van der Waals surface area contributed by atoms with Crippen LogP contribution in [-0.2, 0) is 11.3 Å². The smallest absolute Gasteiger partial charge is 0.189 e. The van der Waals surface area contributed by atoms with Crippen LogP contribution in [0.1, 0.15) is 28.4 Å². The minimum atomic E-state index is 0.283. The summed E-state index contributed by atoms with van der Waals surface area (Å²) in [5.74, 6) is 0.482. The lowest BCUT2D eigenvalue weighted by molar-refractivity contribution is 0.114. The van der Waals surface area contributed by atoms with Crippen molar-refractivity contribution in [2.45, 2.75) is 39.3 Å². The van der Waals surface area contributed by atoms with Gasteiger partial charge in [-0.1, -0.05) is 0 Å². The fourth-order valence-corrected chi connectivity index (χ4v) is 2.82. The monoisotopic (exact) mass is 268 g/mol. The molecule has 1 saturated heterocycles. The molecule has 18 heavy (non-hydrogen) atoms. The van der Waals surface area contributed by atoms with Gasteiger partial charge in [0.15, 0.2) is 5.96 Å². The summed E-state index contributed by atoms with van der Waals surface area (Å²) in [6, 6.07) is 0. The van der Waals surface area contributed by atoms with Gasteiger partial charge >= 0.3 is 0 Å². The minimum Gasteiger partial charge on any atom is -0.376 e. The van der Waals surface area contributed by atoms with Gasteiger partial charge in [-0.3, -0.25) is 0 Å². The van der Waals surface area contributed by atoms with Crippen molar-refractivity contribution >= 4 is 17.3 Å². The van der Waals surface area contributed by atoms with E-state index in [2.05, 4.69) is 15.3 Å². The lowest BCUT2D eigenvalue weighted by Gasteiger charge is -2.10. The van der Waals surface area contributed by atoms with Crippen molar-refractivity contribution in [3.05, 3.63) is 15.6 Å². The number of hydrogen-bond acceptors (Lipinski definition) is 4. The first-order valence-corrected chi connectivity index (χ1v) is 7.05. The molecule has 0 amide bonds. The van der Waals surface area contributed by atoms with Crippen LogP contribution >= 0.6 is 11.3 Å². The molecule has 1 aliphatic heterocycles. The fourth-order valence-electron chi connectivity index (χ4n) is 1.96. The predicted molar refractivity (Wildman–Crippen MR) is 73.9 cm³/mol. The van der Waals surface area contributed by atoms with E-state index in [1.165, 1.54) is 4.88 Å². The maximum Gasteiger partial charge on any atom is 0.189 e. The lowest BCUT2D eigenvalue weighted by Crippen LogP contribution is -2.37. The van der Waals surface area contributed by atoms with Crippen molar-refractivity contribution in [3.8, 4) is 0 Å². The topological polar surface area (TPSA) is 72.5 Å². The molecule has 1 aromatic rings. The van der Waals surface area contributed by atoms with Crippen molar-refractivity contribution in [1.29, 1.82) is 0 Å². The molecule has 1 aliphatic rings. The summed E-state index contributed by atoms with van der Waals surface area (Å²) in [4.78, 5) is 9.87. The third-order valence-corrected chi connectivity index (χ3v) is 3.99.